The maximum absolute atomic E-state index is 6.02. The lowest BCUT2D eigenvalue weighted by Gasteiger charge is -2.26. The van der Waals surface area contributed by atoms with E-state index in [0.717, 1.165) is 6.54 Å². The van der Waals surface area contributed by atoms with E-state index in [1.54, 1.807) is 0 Å². The van der Waals surface area contributed by atoms with Crippen molar-refractivity contribution >= 4 is 19.9 Å². The molecule has 2 nitrogen and oxygen atoms in total. The monoisotopic (exact) mass is 285 g/mol. The smallest absolute Gasteiger partial charge is 0.184 e. The Morgan fingerprint density at radius 1 is 1.22 bits per heavy atom. The van der Waals surface area contributed by atoms with Crippen molar-refractivity contribution in [2.45, 2.75) is 38.7 Å². The van der Waals surface area contributed by atoms with E-state index >= 15 is 0 Å². The highest BCUT2D eigenvalue weighted by molar-refractivity contribution is 6.69. The zero-order chi connectivity index (χ0) is 13.6. The summed E-state index contributed by atoms with van der Waals surface area (Å²) >= 11 is 5.96. The van der Waals surface area contributed by atoms with E-state index in [9.17, 15) is 0 Å². The molecule has 0 amide bonds. The number of hydrogen-bond donors (Lipinski definition) is 1. The standard InChI is InChI=1S/C14H24ClNOSi/c1-12(13-8-6-5-7-9-13)16-11-14(10-15)17-18(2,3)4/h5-9,12,14,16H,10-11H2,1-4H3/t12-,14?/m0/s1. The molecule has 102 valence electrons. The summed E-state index contributed by atoms with van der Waals surface area (Å²) in [6.07, 6.45) is 0.101. The van der Waals surface area contributed by atoms with E-state index in [1.807, 2.05) is 6.07 Å². The molecule has 0 aliphatic carbocycles. The van der Waals surface area contributed by atoms with Crippen molar-refractivity contribution in [3.63, 3.8) is 0 Å². The Bertz CT molecular complexity index is 339. The zero-order valence-corrected chi connectivity index (χ0v) is 13.5. The second-order valence-electron chi connectivity index (χ2n) is 5.55. The Labute approximate surface area is 117 Å². The van der Waals surface area contributed by atoms with Crippen LogP contribution in [0.4, 0.5) is 0 Å². The topological polar surface area (TPSA) is 21.3 Å². The molecular formula is C14H24ClNOSi. The summed E-state index contributed by atoms with van der Waals surface area (Å²) in [6.45, 7) is 9.52. The Balaban J connectivity index is 2.43. The molecule has 0 aliphatic rings. The Morgan fingerprint density at radius 2 is 1.83 bits per heavy atom. The van der Waals surface area contributed by atoms with Crippen LogP contribution in [0.5, 0.6) is 0 Å². The highest BCUT2D eigenvalue weighted by Gasteiger charge is 2.20. The van der Waals surface area contributed by atoms with Gasteiger partial charge in [0, 0.05) is 18.5 Å². The van der Waals surface area contributed by atoms with Crippen LogP contribution in [0.15, 0.2) is 30.3 Å². The quantitative estimate of drug-likeness (QED) is 0.608. The van der Waals surface area contributed by atoms with Crippen LogP contribution in [-0.4, -0.2) is 26.8 Å². The van der Waals surface area contributed by atoms with Crippen LogP contribution < -0.4 is 5.32 Å². The highest BCUT2D eigenvalue weighted by atomic mass is 35.5. The van der Waals surface area contributed by atoms with Gasteiger partial charge in [-0.3, -0.25) is 0 Å². The van der Waals surface area contributed by atoms with Crippen LogP contribution in [0.25, 0.3) is 0 Å². The summed E-state index contributed by atoms with van der Waals surface area (Å²) in [5.74, 6) is 0.540. The number of rotatable bonds is 7. The Kier molecular flexibility index (Phi) is 6.36. The first-order valence-electron chi connectivity index (χ1n) is 6.44. The van der Waals surface area contributed by atoms with E-state index < -0.39 is 8.32 Å². The summed E-state index contributed by atoms with van der Waals surface area (Å²) in [5.41, 5.74) is 1.29. The molecule has 0 aliphatic heterocycles. The predicted molar refractivity (Wildman–Crippen MR) is 81.8 cm³/mol. The van der Waals surface area contributed by atoms with Gasteiger partial charge < -0.3 is 9.74 Å². The molecule has 0 bridgehead atoms. The van der Waals surface area contributed by atoms with E-state index in [1.165, 1.54) is 5.56 Å². The molecule has 0 saturated carbocycles. The molecule has 1 rings (SSSR count). The van der Waals surface area contributed by atoms with Crippen LogP contribution in [0.2, 0.25) is 19.6 Å². The summed E-state index contributed by atoms with van der Waals surface area (Å²) in [7, 11) is -1.52. The van der Waals surface area contributed by atoms with Crippen molar-refractivity contribution < 1.29 is 4.43 Å². The SMILES string of the molecule is C[C@H](NCC(CCl)O[Si](C)(C)C)c1ccccc1. The van der Waals surface area contributed by atoms with E-state index in [0.29, 0.717) is 11.9 Å². The second-order valence-corrected chi connectivity index (χ2v) is 10.3. The van der Waals surface area contributed by atoms with Crippen LogP contribution >= 0.6 is 11.6 Å². The lowest BCUT2D eigenvalue weighted by Crippen LogP contribution is -2.39. The maximum atomic E-state index is 6.02. The van der Waals surface area contributed by atoms with Gasteiger partial charge in [-0.1, -0.05) is 30.3 Å². The molecule has 0 saturated heterocycles. The third kappa shape index (κ3) is 6.00. The van der Waals surface area contributed by atoms with E-state index in [4.69, 9.17) is 16.0 Å². The van der Waals surface area contributed by atoms with Gasteiger partial charge in [0.25, 0.3) is 0 Å². The number of nitrogens with one attached hydrogen (secondary N) is 1. The van der Waals surface area contributed by atoms with E-state index in [2.05, 4.69) is 56.1 Å². The summed E-state index contributed by atoms with van der Waals surface area (Å²) in [4.78, 5) is 0. The van der Waals surface area contributed by atoms with Crippen molar-refractivity contribution in [1.29, 1.82) is 0 Å². The fraction of sp³-hybridized carbons (Fsp3) is 0.571. The number of halogens is 1. The van der Waals surface area contributed by atoms with E-state index in [-0.39, 0.29) is 6.10 Å². The molecule has 0 aromatic heterocycles. The summed E-state index contributed by atoms with van der Waals surface area (Å²) < 4.78 is 6.02. The van der Waals surface area contributed by atoms with Crippen LogP contribution in [0, 0.1) is 0 Å². The van der Waals surface area contributed by atoms with Gasteiger partial charge in [0.1, 0.15) is 0 Å². The molecule has 0 spiro atoms. The minimum absolute atomic E-state index is 0.101. The molecular weight excluding hydrogens is 262 g/mol. The average molecular weight is 286 g/mol. The van der Waals surface area contributed by atoms with Gasteiger partial charge in [-0.25, -0.2) is 0 Å². The maximum Gasteiger partial charge on any atom is 0.184 e. The average Bonchev–Trinajstić information content (AvgIpc) is 2.33. The number of alkyl halides is 1. The van der Waals surface area contributed by atoms with Gasteiger partial charge in [0.2, 0.25) is 0 Å². The predicted octanol–water partition coefficient (Wildman–Crippen LogP) is 3.80. The molecule has 0 fully saturated rings. The molecule has 1 N–H and O–H groups in total. The first-order valence-corrected chi connectivity index (χ1v) is 10.4. The lowest BCUT2D eigenvalue weighted by atomic mass is 10.1. The van der Waals surface area contributed by atoms with Crippen molar-refractivity contribution in [3.05, 3.63) is 35.9 Å². The molecule has 0 heterocycles. The molecule has 1 aromatic rings. The molecule has 1 aromatic carbocycles. The number of benzene rings is 1. The van der Waals surface area contributed by atoms with Crippen LogP contribution in [0.1, 0.15) is 18.5 Å². The normalized spacial score (nSPS) is 15.4. The Hall–Kier alpha value is -0.353. The molecule has 2 atom stereocenters. The largest absolute Gasteiger partial charge is 0.412 e. The van der Waals surface area contributed by atoms with Gasteiger partial charge in [0.05, 0.1) is 6.10 Å². The Morgan fingerprint density at radius 3 is 2.33 bits per heavy atom. The van der Waals surface area contributed by atoms with Crippen molar-refractivity contribution in [3.8, 4) is 0 Å². The summed E-state index contributed by atoms with van der Waals surface area (Å²) in [6, 6.07) is 10.7. The molecule has 18 heavy (non-hydrogen) atoms. The third-order valence-corrected chi connectivity index (χ3v) is 4.03. The van der Waals surface area contributed by atoms with Crippen LogP contribution in [0.3, 0.4) is 0 Å². The first-order chi connectivity index (χ1) is 8.42. The molecule has 0 radical (unpaired) electrons. The third-order valence-electron chi connectivity index (χ3n) is 2.64. The van der Waals surface area contributed by atoms with Crippen molar-refractivity contribution in [1.82, 2.24) is 5.32 Å². The number of hydrogen-bond acceptors (Lipinski definition) is 2. The first kappa shape index (κ1) is 15.7. The van der Waals surface area contributed by atoms with Crippen molar-refractivity contribution in [2.75, 3.05) is 12.4 Å². The zero-order valence-electron chi connectivity index (χ0n) is 11.7. The van der Waals surface area contributed by atoms with Gasteiger partial charge in [-0.15, -0.1) is 11.6 Å². The molecule has 1 unspecified atom stereocenters. The van der Waals surface area contributed by atoms with Gasteiger partial charge in [-0.2, -0.15) is 0 Å². The fourth-order valence-electron chi connectivity index (χ4n) is 1.80. The molecule has 4 heteroatoms. The van der Waals surface area contributed by atoms with Gasteiger partial charge >= 0.3 is 0 Å². The van der Waals surface area contributed by atoms with Gasteiger partial charge in [-0.05, 0) is 32.1 Å². The van der Waals surface area contributed by atoms with Crippen molar-refractivity contribution in [2.24, 2.45) is 0 Å². The summed E-state index contributed by atoms with van der Waals surface area (Å²) in [5, 5.41) is 3.49. The van der Waals surface area contributed by atoms with Crippen LogP contribution in [-0.2, 0) is 4.43 Å². The lowest BCUT2D eigenvalue weighted by molar-refractivity contribution is 0.208. The minimum atomic E-state index is -1.52. The fourth-order valence-corrected chi connectivity index (χ4v) is 3.24. The highest BCUT2D eigenvalue weighted by Crippen LogP contribution is 2.13. The van der Waals surface area contributed by atoms with Gasteiger partial charge in [0.15, 0.2) is 8.32 Å². The minimum Gasteiger partial charge on any atom is -0.412 e. The second kappa shape index (κ2) is 7.29.